The van der Waals surface area contributed by atoms with Crippen molar-refractivity contribution in [3.8, 4) is 0 Å². The second kappa shape index (κ2) is 3.35. The van der Waals surface area contributed by atoms with Crippen molar-refractivity contribution < 1.29 is 4.79 Å². The summed E-state index contributed by atoms with van der Waals surface area (Å²) < 4.78 is 0. The zero-order valence-electron chi connectivity index (χ0n) is 7.23. The fourth-order valence-electron chi connectivity index (χ4n) is 1.68. The summed E-state index contributed by atoms with van der Waals surface area (Å²) in [6.45, 7) is 2.71. The van der Waals surface area contributed by atoms with E-state index in [1.165, 1.54) is 19.3 Å². The Hall–Kier alpha value is -0.370. The van der Waals surface area contributed by atoms with Crippen LogP contribution in [0.25, 0.3) is 0 Å². The van der Waals surface area contributed by atoms with E-state index in [-0.39, 0.29) is 0 Å². The van der Waals surface area contributed by atoms with Crippen molar-refractivity contribution in [2.24, 2.45) is 11.1 Å². The van der Waals surface area contributed by atoms with Crippen molar-refractivity contribution >= 4 is 5.78 Å². The number of rotatable bonds is 4. The summed E-state index contributed by atoms with van der Waals surface area (Å²) in [5, 5.41) is 0. The fourth-order valence-corrected chi connectivity index (χ4v) is 1.68. The lowest BCUT2D eigenvalue weighted by Crippen LogP contribution is -2.29. The van der Waals surface area contributed by atoms with Gasteiger partial charge in [0.25, 0.3) is 0 Å². The number of Topliss-reactive ketones (excluding diaryl/α,β-unsaturated/α-hetero) is 1. The van der Waals surface area contributed by atoms with Gasteiger partial charge in [-0.25, -0.2) is 0 Å². The molecule has 0 saturated heterocycles. The molecular weight excluding hydrogens is 138 g/mol. The zero-order valence-corrected chi connectivity index (χ0v) is 7.23. The van der Waals surface area contributed by atoms with Gasteiger partial charge in [-0.1, -0.05) is 13.3 Å². The molecule has 1 saturated carbocycles. The highest BCUT2D eigenvalue weighted by Gasteiger charge is 2.33. The van der Waals surface area contributed by atoms with E-state index in [2.05, 4.69) is 6.92 Å². The molecule has 0 aromatic rings. The van der Waals surface area contributed by atoms with E-state index in [9.17, 15) is 4.79 Å². The summed E-state index contributed by atoms with van der Waals surface area (Å²) in [6, 6.07) is 0. The van der Waals surface area contributed by atoms with Gasteiger partial charge in [-0.05, 0) is 24.8 Å². The number of carbonyl (C=O) groups is 1. The minimum atomic E-state index is 0.340. The van der Waals surface area contributed by atoms with E-state index < -0.39 is 0 Å². The molecule has 0 atom stereocenters. The second-order valence-corrected chi connectivity index (χ2v) is 3.92. The molecule has 0 amide bonds. The average Bonchev–Trinajstić information content (AvgIpc) is 1.85. The molecule has 0 spiro atoms. The third-order valence-electron chi connectivity index (χ3n) is 2.61. The molecule has 1 rings (SSSR count). The Morgan fingerprint density at radius 1 is 1.55 bits per heavy atom. The lowest BCUT2D eigenvalue weighted by Gasteiger charge is -2.37. The van der Waals surface area contributed by atoms with Crippen molar-refractivity contribution in [3.05, 3.63) is 0 Å². The third kappa shape index (κ3) is 2.29. The molecule has 0 aromatic carbocycles. The first-order chi connectivity index (χ1) is 5.16. The van der Waals surface area contributed by atoms with Crippen LogP contribution < -0.4 is 5.73 Å². The van der Waals surface area contributed by atoms with E-state index in [0.29, 0.717) is 24.2 Å². The minimum absolute atomic E-state index is 0.340. The van der Waals surface area contributed by atoms with Crippen LogP contribution in [0.2, 0.25) is 0 Å². The Morgan fingerprint density at radius 3 is 2.55 bits per heavy atom. The summed E-state index contributed by atoms with van der Waals surface area (Å²) in [5.41, 5.74) is 5.63. The van der Waals surface area contributed by atoms with Crippen molar-refractivity contribution in [2.45, 2.75) is 39.0 Å². The molecular formula is C9H17NO. The highest BCUT2D eigenvalue weighted by atomic mass is 16.1. The molecule has 0 radical (unpaired) electrons. The predicted octanol–water partition coefficient (Wildman–Crippen LogP) is 1.48. The van der Waals surface area contributed by atoms with Gasteiger partial charge in [0.1, 0.15) is 5.78 Å². The normalized spacial score (nSPS) is 20.9. The van der Waals surface area contributed by atoms with Crippen LogP contribution in [0.5, 0.6) is 0 Å². The first-order valence-electron chi connectivity index (χ1n) is 4.38. The lowest BCUT2D eigenvalue weighted by molar-refractivity contribution is -0.122. The van der Waals surface area contributed by atoms with Gasteiger partial charge in [0, 0.05) is 12.8 Å². The Bertz CT molecular complexity index is 150. The maximum Gasteiger partial charge on any atom is 0.134 e. The summed E-state index contributed by atoms with van der Waals surface area (Å²) in [7, 11) is 0. The Morgan fingerprint density at radius 2 is 2.18 bits per heavy atom. The van der Waals surface area contributed by atoms with E-state index in [1.807, 2.05) is 0 Å². The number of hydrogen-bond donors (Lipinski definition) is 1. The topological polar surface area (TPSA) is 43.1 Å². The Labute approximate surface area is 68.2 Å². The lowest BCUT2D eigenvalue weighted by atomic mass is 9.67. The Balaban J connectivity index is 2.23. The zero-order chi connectivity index (χ0) is 8.32. The van der Waals surface area contributed by atoms with Crippen molar-refractivity contribution in [2.75, 3.05) is 6.54 Å². The Kier molecular flexibility index (Phi) is 2.66. The van der Waals surface area contributed by atoms with Gasteiger partial charge in [-0.3, -0.25) is 4.79 Å². The fraction of sp³-hybridized carbons (Fsp3) is 0.889. The summed E-state index contributed by atoms with van der Waals surface area (Å²) in [4.78, 5) is 11.2. The standard InChI is InChI=1S/C9H17NO/c1-9(4-2-5-9)7-8(11)3-6-10/h2-7,10H2,1H3. The maximum atomic E-state index is 11.2. The molecule has 11 heavy (non-hydrogen) atoms. The number of hydrogen-bond acceptors (Lipinski definition) is 2. The first kappa shape index (κ1) is 8.72. The summed E-state index contributed by atoms with van der Waals surface area (Å²) in [5.74, 6) is 0.342. The highest BCUT2D eigenvalue weighted by molar-refractivity contribution is 5.79. The van der Waals surface area contributed by atoms with Gasteiger partial charge in [0.2, 0.25) is 0 Å². The van der Waals surface area contributed by atoms with Gasteiger partial charge in [-0.2, -0.15) is 0 Å². The highest BCUT2D eigenvalue weighted by Crippen LogP contribution is 2.43. The monoisotopic (exact) mass is 155 g/mol. The summed E-state index contributed by atoms with van der Waals surface area (Å²) >= 11 is 0. The molecule has 64 valence electrons. The minimum Gasteiger partial charge on any atom is -0.330 e. The molecule has 0 aromatic heterocycles. The van der Waals surface area contributed by atoms with Crippen LogP contribution in [0.15, 0.2) is 0 Å². The second-order valence-electron chi connectivity index (χ2n) is 3.92. The van der Waals surface area contributed by atoms with Gasteiger partial charge >= 0.3 is 0 Å². The quantitative estimate of drug-likeness (QED) is 0.668. The van der Waals surface area contributed by atoms with Gasteiger partial charge in [0.05, 0.1) is 0 Å². The van der Waals surface area contributed by atoms with Crippen LogP contribution in [0.1, 0.15) is 39.0 Å². The van der Waals surface area contributed by atoms with Crippen LogP contribution in [0.3, 0.4) is 0 Å². The molecule has 1 aliphatic rings. The van der Waals surface area contributed by atoms with Crippen molar-refractivity contribution in [3.63, 3.8) is 0 Å². The maximum absolute atomic E-state index is 11.2. The van der Waals surface area contributed by atoms with E-state index in [4.69, 9.17) is 5.73 Å². The van der Waals surface area contributed by atoms with Gasteiger partial charge < -0.3 is 5.73 Å². The smallest absolute Gasteiger partial charge is 0.134 e. The molecule has 0 aliphatic heterocycles. The SMILES string of the molecule is CC1(CC(=O)CCN)CCC1. The van der Waals surface area contributed by atoms with Gasteiger partial charge in [0.15, 0.2) is 0 Å². The third-order valence-corrected chi connectivity index (χ3v) is 2.61. The van der Waals surface area contributed by atoms with E-state index >= 15 is 0 Å². The van der Waals surface area contributed by atoms with Crippen molar-refractivity contribution in [1.82, 2.24) is 0 Å². The largest absolute Gasteiger partial charge is 0.330 e. The van der Waals surface area contributed by atoms with E-state index in [0.717, 1.165) is 6.42 Å². The molecule has 0 unspecified atom stereocenters. The summed E-state index contributed by atoms with van der Waals surface area (Å²) in [6.07, 6.45) is 5.07. The predicted molar refractivity (Wildman–Crippen MR) is 45.3 cm³/mol. The van der Waals surface area contributed by atoms with E-state index in [1.54, 1.807) is 0 Å². The average molecular weight is 155 g/mol. The molecule has 0 heterocycles. The van der Waals surface area contributed by atoms with Crippen LogP contribution >= 0.6 is 0 Å². The van der Waals surface area contributed by atoms with Crippen LogP contribution in [0, 0.1) is 5.41 Å². The van der Waals surface area contributed by atoms with Crippen LogP contribution in [-0.4, -0.2) is 12.3 Å². The van der Waals surface area contributed by atoms with Crippen LogP contribution in [0.4, 0.5) is 0 Å². The molecule has 1 aliphatic carbocycles. The number of carbonyl (C=O) groups excluding carboxylic acids is 1. The van der Waals surface area contributed by atoms with Crippen LogP contribution in [-0.2, 0) is 4.79 Å². The molecule has 2 N–H and O–H groups in total. The number of ketones is 1. The van der Waals surface area contributed by atoms with Crippen molar-refractivity contribution in [1.29, 1.82) is 0 Å². The molecule has 0 bridgehead atoms. The molecule has 1 fully saturated rings. The van der Waals surface area contributed by atoms with Gasteiger partial charge in [-0.15, -0.1) is 0 Å². The number of nitrogens with two attached hydrogens (primary N) is 1. The first-order valence-corrected chi connectivity index (χ1v) is 4.38. The molecule has 2 nitrogen and oxygen atoms in total. The molecule has 2 heteroatoms.